The lowest BCUT2D eigenvalue weighted by atomic mass is 10.0. The van der Waals surface area contributed by atoms with E-state index in [4.69, 9.17) is 10.5 Å². The van der Waals surface area contributed by atoms with E-state index >= 15 is 0 Å². The lowest BCUT2D eigenvalue weighted by Crippen LogP contribution is -2.42. The van der Waals surface area contributed by atoms with Crippen molar-refractivity contribution in [1.29, 1.82) is 0 Å². The van der Waals surface area contributed by atoms with Crippen molar-refractivity contribution in [1.82, 2.24) is 0 Å². The first kappa shape index (κ1) is 8.38. The van der Waals surface area contributed by atoms with Gasteiger partial charge in [-0.3, -0.25) is 4.99 Å². The van der Waals surface area contributed by atoms with E-state index in [1.165, 1.54) is 0 Å². The van der Waals surface area contributed by atoms with Crippen LogP contribution in [0.3, 0.4) is 0 Å². The van der Waals surface area contributed by atoms with E-state index in [1.54, 1.807) is 11.8 Å². The highest BCUT2D eigenvalue weighted by Crippen LogP contribution is 2.43. The largest absolute Gasteiger partial charge is 0.378 e. The number of nitrogens with two attached hydrogens (primary N) is 1. The summed E-state index contributed by atoms with van der Waals surface area (Å²) >= 11 is 1.56. The van der Waals surface area contributed by atoms with Gasteiger partial charge in [0.25, 0.3) is 0 Å². The lowest BCUT2D eigenvalue weighted by Gasteiger charge is -2.37. The predicted molar refractivity (Wildman–Crippen MR) is 51.2 cm³/mol. The molecule has 0 radical (unpaired) electrons. The molecule has 0 amide bonds. The second-order valence-electron chi connectivity index (χ2n) is 3.61. The molecule has 2 rings (SSSR count). The van der Waals surface area contributed by atoms with Crippen LogP contribution in [0.4, 0.5) is 0 Å². The highest BCUT2D eigenvalue weighted by atomic mass is 32.2. The summed E-state index contributed by atoms with van der Waals surface area (Å²) in [6, 6.07) is 0.277. The molecule has 12 heavy (non-hydrogen) atoms. The van der Waals surface area contributed by atoms with Crippen LogP contribution in [-0.4, -0.2) is 22.2 Å². The highest BCUT2D eigenvalue weighted by Gasteiger charge is 2.45. The summed E-state index contributed by atoms with van der Waals surface area (Å²) in [4.78, 5) is 4.17. The van der Waals surface area contributed by atoms with E-state index in [0.29, 0.717) is 11.3 Å². The molecular formula is C8H14N2OS. The van der Waals surface area contributed by atoms with Gasteiger partial charge in [0.05, 0.1) is 12.1 Å². The van der Waals surface area contributed by atoms with Gasteiger partial charge in [-0.15, -0.1) is 0 Å². The fourth-order valence-corrected chi connectivity index (χ4v) is 2.97. The monoisotopic (exact) mass is 186 g/mol. The predicted octanol–water partition coefficient (Wildman–Crippen LogP) is 1.33. The van der Waals surface area contributed by atoms with Gasteiger partial charge in [-0.2, -0.15) is 0 Å². The number of thioether (sulfide) groups is 1. The van der Waals surface area contributed by atoms with Crippen LogP contribution in [0.5, 0.6) is 0 Å². The van der Waals surface area contributed by atoms with Gasteiger partial charge >= 0.3 is 0 Å². The zero-order valence-electron chi connectivity index (χ0n) is 7.41. The minimum atomic E-state index is -0.179. The summed E-state index contributed by atoms with van der Waals surface area (Å²) in [5.41, 5.74) is 5.66. The van der Waals surface area contributed by atoms with Crippen molar-refractivity contribution in [2.75, 3.05) is 0 Å². The first-order chi connectivity index (χ1) is 5.60. The van der Waals surface area contributed by atoms with Gasteiger partial charge in [0.15, 0.2) is 5.17 Å². The van der Waals surface area contributed by atoms with Crippen LogP contribution in [0.25, 0.3) is 0 Å². The van der Waals surface area contributed by atoms with Crippen molar-refractivity contribution in [3.63, 3.8) is 0 Å². The second kappa shape index (κ2) is 2.64. The van der Waals surface area contributed by atoms with Gasteiger partial charge in [-0.1, -0.05) is 11.8 Å². The molecule has 2 aliphatic heterocycles. The van der Waals surface area contributed by atoms with Crippen LogP contribution < -0.4 is 5.73 Å². The molecule has 1 saturated heterocycles. The molecule has 3 atom stereocenters. The number of fused-ring (bicyclic) bond motifs is 1. The standard InChI is InChI=1S/C8H14N2OS/c1-5-3-4-6-8(2,11-5)12-7(9)10-6/h5-6H,3-4H2,1-2H3,(H2,9,10). The summed E-state index contributed by atoms with van der Waals surface area (Å²) in [7, 11) is 0. The maximum atomic E-state index is 5.84. The van der Waals surface area contributed by atoms with Crippen LogP contribution in [0.1, 0.15) is 26.7 Å². The van der Waals surface area contributed by atoms with Gasteiger partial charge < -0.3 is 10.5 Å². The average Bonchev–Trinajstić information content (AvgIpc) is 2.22. The van der Waals surface area contributed by atoms with E-state index in [1.807, 2.05) is 0 Å². The molecule has 2 heterocycles. The molecular weight excluding hydrogens is 172 g/mol. The summed E-state index contributed by atoms with van der Waals surface area (Å²) in [6.45, 7) is 4.19. The van der Waals surface area contributed by atoms with E-state index in [2.05, 4.69) is 18.8 Å². The third-order valence-corrected chi connectivity index (χ3v) is 3.57. The Bertz CT molecular complexity index is 231. The number of rotatable bonds is 0. The molecule has 2 N–H and O–H groups in total. The molecule has 3 unspecified atom stereocenters. The first-order valence-electron chi connectivity index (χ1n) is 4.30. The summed E-state index contributed by atoms with van der Waals surface area (Å²) < 4.78 is 5.84. The van der Waals surface area contributed by atoms with Crippen molar-refractivity contribution in [3.05, 3.63) is 0 Å². The third kappa shape index (κ3) is 1.23. The van der Waals surface area contributed by atoms with Crippen LogP contribution in [0.2, 0.25) is 0 Å². The van der Waals surface area contributed by atoms with Gasteiger partial charge in [0, 0.05) is 0 Å². The van der Waals surface area contributed by atoms with Gasteiger partial charge in [0.1, 0.15) is 4.93 Å². The third-order valence-electron chi connectivity index (χ3n) is 2.48. The second-order valence-corrected chi connectivity index (χ2v) is 5.04. The fraction of sp³-hybridized carbons (Fsp3) is 0.875. The maximum absolute atomic E-state index is 5.84. The molecule has 0 aromatic carbocycles. The molecule has 3 nitrogen and oxygen atoms in total. The van der Waals surface area contributed by atoms with Gasteiger partial charge in [0.2, 0.25) is 0 Å². The molecule has 0 aliphatic carbocycles. The van der Waals surface area contributed by atoms with Gasteiger partial charge in [-0.05, 0) is 26.7 Å². The molecule has 4 heteroatoms. The molecule has 68 valence electrons. The SMILES string of the molecule is CC1CCC2N=C(N)SC2(C)O1. The maximum Gasteiger partial charge on any atom is 0.157 e. The molecule has 0 bridgehead atoms. The Morgan fingerprint density at radius 1 is 1.67 bits per heavy atom. The topological polar surface area (TPSA) is 47.6 Å². The Kier molecular flexibility index (Phi) is 1.84. The van der Waals surface area contributed by atoms with Crippen molar-refractivity contribution in [2.24, 2.45) is 10.7 Å². The van der Waals surface area contributed by atoms with Crippen molar-refractivity contribution < 1.29 is 4.74 Å². The molecule has 0 saturated carbocycles. The van der Waals surface area contributed by atoms with Crippen molar-refractivity contribution in [3.8, 4) is 0 Å². The average molecular weight is 186 g/mol. The van der Waals surface area contributed by atoms with E-state index < -0.39 is 0 Å². The number of hydrogen-bond acceptors (Lipinski definition) is 4. The highest BCUT2D eigenvalue weighted by molar-refractivity contribution is 8.15. The molecule has 0 aromatic heterocycles. The van der Waals surface area contributed by atoms with E-state index in [9.17, 15) is 0 Å². The van der Waals surface area contributed by atoms with Crippen LogP contribution in [0, 0.1) is 0 Å². The molecule has 0 spiro atoms. The normalized spacial score (nSPS) is 47.0. The molecule has 2 aliphatic rings. The minimum Gasteiger partial charge on any atom is -0.378 e. The van der Waals surface area contributed by atoms with Gasteiger partial charge in [-0.25, -0.2) is 0 Å². The Morgan fingerprint density at radius 3 is 3.17 bits per heavy atom. The number of hydrogen-bond donors (Lipinski definition) is 1. The smallest absolute Gasteiger partial charge is 0.157 e. The van der Waals surface area contributed by atoms with E-state index in [-0.39, 0.29) is 11.0 Å². The van der Waals surface area contributed by atoms with Crippen LogP contribution in [0.15, 0.2) is 4.99 Å². The Morgan fingerprint density at radius 2 is 2.42 bits per heavy atom. The summed E-state index contributed by atoms with van der Waals surface area (Å²) in [5.74, 6) is 0. The zero-order valence-corrected chi connectivity index (χ0v) is 8.23. The van der Waals surface area contributed by atoms with Crippen LogP contribution in [-0.2, 0) is 4.74 Å². The van der Waals surface area contributed by atoms with Crippen LogP contribution >= 0.6 is 11.8 Å². The Labute approximate surface area is 76.8 Å². The Balaban J connectivity index is 2.16. The van der Waals surface area contributed by atoms with E-state index in [0.717, 1.165) is 12.8 Å². The molecule has 0 aromatic rings. The number of amidine groups is 1. The summed E-state index contributed by atoms with van der Waals surface area (Å²) in [5, 5.41) is 0.677. The number of nitrogens with zero attached hydrogens (tertiary/aromatic N) is 1. The first-order valence-corrected chi connectivity index (χ1v) is 5.12. The lowest BCUT2D eigenvalue weighted by molar-refractivity contribution is -0.0607. The quantitative estimate of drug-likeness (QED) is 0.621. The van der Waals surface area contributed by atoms with Crippen molar-refractivity contribution in [2.45, 2.75) is 43.8 Å². The summed E-state index contributed by atoms with van der Waals surface area (Å²) in [6.07, 6.45) is 2.54. The molecule has 1 fully saturated rings. The zero-order chi connectivity index (χ0) is 8.77. The minimum absolute atomic E-state index is 0.179. The van der Waals surface area contributed by atoms with Crippen molar-refractivity contribution >= 4 is 16.9 Å². The number of ether oxygens (including phenoxy) is 1. The Hall–Kier alpha value is -0.220. The fourth-order valence-electron chi connectivity index (χ4n) is 1.85. The number of aliphatic imine (C=N–C) groups is 1.